The minimum Gasteiger partial charge on any atom is -0.356 e. The number of nitrogens with zero attached hydrogens (tertiary/aromatic N) is 1. The number of unbranched alkanes of at least 4 members (excludes halogenated alkanes) is 2. The van der Waals surface area contributed by atoms with Gasteiger partial charge in [0.1, 0.15) is 0 Å². The predicted octanol–water partition coefficient (Wildman–Crippen LogP) is 2.81. The van der Waals surface area contributed by atoms with Crippen molar-refractivity contribution in [1.29, 1.82) is 0 Å². The Bertz CT molecular complexity index is 513. The molecule has 0 bridgehead atoms. The Hall–Kier alpha value is -1.20. The standard InChI is InChI=1S/C19H30N2O2S/c1-2-3-7-12-20-19(22)17-10-13-21(14-11-17)15-16-24(23)18-8-5-4-6-9-18/h4-6,8-9,17H,2-3,7,10-16H2,1H3,(H,20,22). The molecule has 5 heteroatoms. The molecule has 134 valence electrons. The number of carbonyl (C=O) groups excluding carboxylic acids is 1. The molecule has 0 radical (unpaired) electrons. The quantitative estimate of drug-likeness (QED) is 0.697. The van der Waals surface area contributed by atoms with E-state index in [0.29, 0.717) is 5.75 Å². The number of amides is 1. The van der Waals surface area contributed by atoms with Crippen LogP contribution >= 0.6 is 0 Å². The molecule has 1 aliphatic rings. The lowest BCUT2D eigenvalue weighted by atomic mass is 9.96. The Morgan fingerprint density at radius 3 is 2.58 bits per heavy atom. The zero-order chi connectivity index (χ0) is 17.2. The fourth-order valence-electron chi connectivity index (χ4n) is 3.05. The highest BCUT2D eigenvalue weighted by atomic mass is 32.2. The van der Waals surface area contributed by atoms with Crippen LogP contribution in [-0.4, -0.2) is 46.9 Å². The third kappa shape index (κ3) is 6.36. The molecular weight excluding hydrogens is 320 g/mol. The maximum atomic E-state index is 12.3. The number of benzene rings is 1. The molecule has 1 aromatic carbocycles. The number of likely N-dealkylation sites (tertiary alicyclic amines) is 1. The van der Waals surface area contributed by atoms with E-state index in [1.54, 1.807) is 0 Å². The predicted molar refractivity (Wildman–Crippen MR) is 99.4 cm³/mol. The van der Waals surface area contributed by atoms with Crippen LogP contribution in [0.5, 0.6) is 0 Å². The lowest BCUT2D eigenvalue weighted by Gasteiger charge is -2.31. The van der Waals surface area contributed by atoms with Crippen molar-refractivity contribution in [2.75, 3.05) is 31.9 Å². The van der Waals surface area contributed by atoms with Gasteiger partial charge in [-0.1, -0.05) is 38.0 Å². The highest BCUT2D eigenvalue weighted by molar-refractivity contribution is 7.85. The van der Waals surface area contributed by atoms with Crippen molar-refractivity contribution in [3.05, 3.63) is 30.3 Å². The summed E-state index contributed by atoms with van der Waals surface area (Å²) >= 11 is 0. The first-order valence-electron chi connectivity index (χ1n) is 9.14. The molecule has 1 fully saturated rings. The van der Waals surface area contributed by atoms with Crippen LogP contribution in [0.2, 0.25) is 0 Å². The van der Waals surface area contributed by atoms with E-state index >= 15 is 0 Å². The SMILES string of the molecule is CCCCCNC(=O)C1CCN(CCS(=O)c2ccccc2)CC1. The molecule has 1 amide bonds. The van der Waals surface area contributed by atoms with Gasteiger partial charge < -0.3 is 10.2 Å². The van der Waals surface area contributed by atoms with Gasteiger partial charge in [0.2, 0.25) is 5.91 Å². The molecule has 0 aliphatic carbocycles. The molecule has 1 heterocycles. The molecule has 1 aliphatic heterocycles. The Labute approximate surface area is 148 Å². The van der Waals surface area contributed by atoms with Gasteiger partial charge in [0.25, 0.3) is 0 Å². The third-order valence-corrected chi connectivity index (χ3v) is 5.99. The van der Waals surface area contributed by atoms with Gasteiger partial charge in [0.15, 0.2) is 0 Å². The topological polar surface area (TPSA) is 49.4 Å². The molecule has 0 aromatic heterocycles. The van der Waals surface area contributed by atoms with Crippen LogP contribution < -0.4 is 5.32 Å². The van der Waals surface area contributed by atoms with Crippen molar-refractivity contribution in [3.8, 4) is 0 Å². The third-order valence-electron chi connectivity index (χ3n) is 4.64. The van der Waals surface area contributed by atoms with Crippen LogP contribution in [0.25, 0.3) is 0 Å². The summed E-state index contributed by atoms with van der Waals surface area (Å²) < 4.78 is 12.3. The maximum absolute atomic E-state index is 12.3. The summed E-state index contributed by atoms with van der Waals surface area (Å²) in [5.41, 5.74) is 0. The summed E-state index contributed by atoms with van der Waals surface area (Å²) in [6, 6.07) is 9.64. The summed E-state index contributed by atoms with van der Waals surface area (Å²) in [4.78, 5) is 15.4. The first-order valence-corrected chi connectivity index (χ1v) is 10.5. The lowest BCUT2D eigenvalue weighted by Crippen LogP contribution is -2.41. The summed E-state index contributed by atoms with van der Waals surface area (Å²) in [7, 11) is -0.930. The van der Waals surface area contributed by atoms with Gasteiger partial charge in [-0.2, -0.15) is 0 Å². The fourth-order valence-corrected chi connectivity index (χ4v) is 4.17. The van der Waals surface area contributed by atoms with Crippen LogP contribution in [0.4, 0.5) is 0 Å². The summed E-state index contributed by atoms with van der Waals surface area (Å²) in [6.45, 7) is 5.68. The maximum Gasteiger partial charge on any atom is 0.223 e. The van der Waals surface area contributed by atoms with Gasteiger partial charge in [0.05, 0.1) is 10.8 Å². The molecule has 4 nitrogen and oxygen atoms in total. The molecule has 1 atom stereocenters. The van der Waals surface area contributed by atoms with E-state index in [-0.39, 0.29) is 11.8 Å². The number of hydrogen-bond donors (Lipinski definition) is 1. The second kappa shape index (κ2) is 10.6. The highest BCUT2D eigenvalue weighted by Gasteiger charge is 2.24. The minimum atomic E-state index is -0.930. The lowest BCUT2D eigenvalue weighted by molar-refractivity contribution is -0.126. The van der Waals surface area contributed by atoms with Gasteiger partial charge in [0, 0.05) is 29.7 Å². The molecule has 1 aromatic rings. The fraction of sp³-hybridized carbons (Fsp3) is 0.632. The monoisotopic (exact) mass is 350 g/mol. The van der Waals surface area contributed by atoms with Gasteiger partial charge >= 0.3 is 0 Å². The van der Waals surface area contributed by atoms with Crippen molar-refractivity contribution in [2.45, 2.75) is 43.9 Å². The van der Waals surface area contributed by atoms with Gasteiger partial charge in [-0.15, -0.1) is 0 Å². The minimum absolute atomic E-state index is 0.155. The van der Waals surface area contributed by atoms with E-state index in [1.165, 1.54) is 12.8 Å². The first-order chi connectivity index (χ1) is 11.7. The van der Waals surface area contributed by atoms with Crippen molar-refractivity contribution in [1.82, 2.24) is 10.2 Å². The summed E-state index contributed by atoms with van der Waals surface area (Å²) in [6.07, 6.45) is 5.26. The zero-order valence-electron chi connectivity index (χ0n) is 14.7. The molecule has 0 saturated carbocycles. The molecule has 0 spiro atoms. The molecular formula is C19H30N2O2S. The number of nitrogens with one attached hydrogen (secondary N) is 1. The Kier molecular flexibility index (Phi) is 8.47. The van der Waals surface area contributed by atoms with Crippen LogP contribution in [-0.2, 0) is 15.6 Å². The normalized spacial score (nSPS) is 17.5. The average Bonchev–Trinajstić information content (AvgIpc) is 2.64. The summed E-state index contributed by atoms with van der Waals surface area (Å²) in [5, 5.41) is 3.07. The number of rotatable bonds is 9. The first kappa shape index (κ1) is 19.1. The van der Waals surface area contributed by atoms with Crippen LogP contribution in [0.3, 0.4) is 0 Å². The number of piperidine rings is 1. The summed E-state index contributed by atoms with van der Waals surface area (Å²) in [5.74, 6) is 1.04. The molecule has 1 N–H and O–H groups in total. The van der Waals surface area contributed by atoms with E-state index in [9.17, 15) is 9.00 Å². The van der Waals surface area contributed by atoms with E-state index in [4.69, 9.17) is 0 Å². The average molecular weight is 351 g/mol. The van der Waals surface area contributed by atoms with Gasteiger partial charge in [-0.25, -0.2) is 0 Å². The Morgan fingerprint density at radius 2 is 1.92 bits per heavy atom. The Balaban J connectivity index is 1.64. The highest BCUT2D eigenvalue weighted by Crippen LogP contribution is 2.17. The van der Waals surface area contributed by atoms with Crippen LogP contribution in [0.1, 0.15) is 39.0 Å². The molecule has 1 unspecified atom stereocenters. The second-order valence-corrected chi connectivity index (χ2v) is 8.05. The van der Waals surface area contributed by atoms with E-state index in [2.05, 4.69) is 17.1 Å². The second-order valence-electron chi connectivity index (χ2n) is 6.48. The van der Waals surface area contributed by atoms with Gasteiger partial charge in [-0.05, 0) is 44.5 Å². The molecule has 2 rings (SSSR count). The van der Waals surface area contributed by atoms with Crippen molar-refractivity contribution >= 4 is 16.7 Å². The van der Waals surface area contributed by atoms with Crippen LogP contribution in [0.15, 0.2) is 35.2 Å². The Morgan fingerprint density at radius 1 is 1.21 bits per heavy atom. The number of hydrogen-bond acceptors (Lipinski definition) is 3. The largest absolute Gasteiger partial charge is 0.356 e. The van der Waals surface area contributed by atoms with Crippen molar-refractivity contribution < 1.29 is 9.00 Å². The van der Waals surface area contributed by atoms with E-state index < -0.39 is 10.8 Å². The van der Waals surface area contributed by atoms with E-state index in [0.717, 1.165) is 50.3 Å². The van der Waals surface area contributed by atoms with Gasteiger partial charge in [-0.3, -0.25) is 9.00 Å². The van der Waals surface area contributed by atoms with E-state index in [1.807, 2.05) is 30.3 Å². The number of carbonyl (C=O) groups is 1. The van der Waals surface area contributed by atoms with Crippen molar-refractivity contribution in [3.63, 3.8) is 0 Å². The zero-order valence-corrected chi connectivity index (χ0v) is 15.5. The van der Waals surface area contributed by atoms with Crippen LogP contribution in [0, 0.1) is 5.92 Å². The van der Waals surface area contributed by atoms with Crippen molar-refractivity contribution in [2.24, 2.45) is 5.92 Å². The molecule has 24 heavy (non-hydrogen) atoms. The smallest absolute Gasteiger partial charge is 0.223 e. The molecule has 1 saturated heterocycles.